The van der Waals surface area contributed by atoms with Crippen molar-refractivity contribution in [2.75, 3.05) is 0 Å². The highest BCUT2D eigenvalue weighted by Crippen LogP contribution is 2.37. The Kier molecular flexibility index (Phi) is 3.72. The van der Waals surface area contributed by atoms with E-state index >= 15 is 0 Å². The summed E-state index contributed by atoms with van der Waals surface area (Å²) in [5, 5.41) is 0. The van der Waals surface area contributed by atoms with Crippen molar-refractivity contribution in [3.05, 3.63) is 52.9 Å². The Morgan fingerprint density at radius 1 is 0.905 bits per heavy atom. The highest BCUT2D eigenvalue weighted by atomic mass is 32.1. The van der Waals surface area contributed by atoms with Crippen LogP contribution in [0, 0.1) is 0 Å². The molecule has 2 heterocycles. The number of benzene rings is 1. The number of hydrogen-bond donors (Lipinski definition) is 0. The minimum atomic E-state index is -0.277. The molecule has 0 amide bonds. The van der Waals surface area contributed by atoms with Crippen molar-refractivity contribution in [1.29, 1.82) is 0 Å². The summed E-state index contributed by atoms with van der Waals surface area (Å²) >= 11 is 1.78. The van der Waals surface area contributed by atoms with Crippen LogP contribution in [0.1, 0.15) is 38.1 Å². The van der Waals surface area contributed by atoms with E-state index in [9.17, 15) is 0 Å². The minimum absolute atomic E-state index is 0.246. The second-order valence-electron chi connectivity index (χ2n) is 6.55. The van der Waals surface area contributed by atoms with Gasteiger partial charge in [0, 0.05) is 16.1 Å². The fourth-order valence-corrected chi connectivity index (χ4v) is 3.38. The fraction of sp³-hybridized carbons (Fsp3) is 0.412. The number of hydrogen-bond acceptors (Lipinski definition) is 3. The Morgan fingerprint density at radius 2 is 1.52 bits per heavy atom. The summed E-state index contributed by atoms with van der Waals surface area (Å²) in [7, 11) is -0.246. The summed E-state index contributed by atoms with van der Waals surface area (Å²) in [6.07, 6.45) is 0.963. The van der Waals surface area contributed by atoms with Crippen LogP contribution in [0.4, 0.5) is 0 Å². The summed E-state index contributed by atoms with van der Waals surface area (Å²) in [6, 6.07) is 14.8. The van der Waals surface area contributed by atoms with Gasteiger partial charge in [-0.3, -0.25) is 0 Å². The van der Waals surface area contributed by atoms with E-state index in [1.54, 1.807) is 11.3 Å². The van der Waals surface area contributed by atoms with Gasteiger partial charge in [0.05, 0.1) is 11.2 Å². The van der Waals surface area contributed by atoms with E-state index < -0.39 is 0 Å². The van der Waals surface area contributed by atoms with E-state index in [1.165, 1.54) is 10.4 Å². The Balaban J connectivity index is 1.74. The molecule has 1 fully saturated rings. The van der Waals surface area contributed by atoms with Gasteiger partial charge in [0.2, 0.25) is 0 Å². The first-order valence-corrected chi connectivity index (χ1v) is 8.17. The fourth-order valence-electron chi connectivity index (χ4n) is 2.37. The van der Waals surface area contributed by atoms with Gasteiger partial charge < -0.3 is 9.31 Å². The van der Waals surface area contributed by atoms with Crippen LogP contribution in [0.3, 0.4) is 0 Å². The molecule has 0 bridgehead atoms. The largest absolute Gasteiger partial charge is 0.505 e. The maximum absolute atomic E-state index is 6.10. The Labute approximate surface area is 131 Å². The average molecular weight is 300 g/mol. The van der Waals surface area contributed by atoms with Crippen LogP contribution >= 0.6 is 11.3 Å². The molecule has 0 radical (unpaired) electrons. The molecule has 2 aromatic rings. The molecule has 0 atom stereocenters. The molecule has 21 heavy (non-hydrogen) atoms. The van der Waals surface area contributed by atoms with Crippen LogP contribution in [-0.4, -0.2) is 18.3 Å². The molecule has 0 unspecified atom stereocenters. The maximum atomic E-state index is 6.10. The zero-order valence-corrected chi connectivity index (χ0v) is 13.9. The second kappa shape index (κ2) is 5.27. The first-order valence-electron chi connectivity index (χ1n) is 7.36. The van der Waals surface area contributed by atoms with Gasteiger partial charge in [-0.2, -0.15) is 0 Å². The van der Waals surface area contributed by atoms with Crippen LogP contribution in [0.2, 0.25) is 0 Å². The van der Waals surface area contributed by atoms with Gasteiger partial charge in [0.15, 0.2) is 0 Å². The van der Waals surface area contributed by atoms with Crippen molar-refractivity contribution >= 4 is 23.2 Å². The van der Waals surface area contributed by atoms with Crippen molar-refractivity contribution in [2.45, 2.75) is 45.3 Å². The quantitative estimate of drug-likeness (QED) is 0.806. The predicted molar refractivity (Wildman–Crippen MR) is 89.3 cm³/mol. The van der Waals surface area contributed by atoms with Crippen molar-refractivity contribution in [1.82, 2.24) is 0 Å². The molecule has 1 aromatic carbocycles. The normalized spacial score (nSPS) is 19.9. The van der Waals surface area contributed by atoms with Gasteiger partial charge in [-0.05, 0) is 39.3 Å². The molecule has 3 rings (SSSR count). The van der Waals surface area contributed by atoms with Crippen LogP contribution in [0.5, 0.6) is 0 Å². The Hall–Kier alpha value is -1.10. The van der Waals surface area contributed by atoms with E-state index in [-0.39, 0.29) is 18.3 Å². The predicted octanol–water partition coefficient (Wildman–Crippen LogP) is 3.64. The molecular formula is C17H21BO2S. The third-order valence-corrected chi connectivity index (χ3v) is 5.50. The third-order valence-electron chi connectivity index (χ3n) is 4.39. The lowest BCUT2D eigenvalue weighted by Gasteiger charge is -2.32. The topological polar surface area (TPSA) is 18.5 Å². The summed E-state index contributed by atoms with van der Waals surface area (Å²) in [6.45, 7) is 8.36. The lowest BCUT2D eigenvalue weighted by molar-refractivity contribution is 0.00578. The van der Waals surface area contributed by atoms with Crippen LogP contribution in [0.25, 0.3) is 0 Å². The lowest BCUT2D eigenvalue weighted by atomic mass is 9.88. The molecule has 0 spiro atoms. The van der Waals surface area contributed by atoms with Crippen LogP contribution in [0.15, 0.2) is 42.5 Å². The number of rotatable bonds is 3. The summed E-state index contributed by atoms with van der Waals surface area (Å²) < 4.78 is 13.4. The Bertz CT molecular complexity index is 603. The van der Waals surface area contributed by atoms with E-state index in [0.29, 0.717) is 0 Å². The molecule has 1 aliphatic rings. The van der Waals surface area contributed by atoms with Gasteiger partial charge in [-0.1, -0.05) is 36.4 Å². The van der Waals surface area contributed by atoms with Gasteiger partial charge in [-0.15, -0.1) is 11.3 Å². The molecule has 2 nitrogen and oxygen atoms in total. The monoisotopic (exact) mass is 300 g/mol. The van der Waals surface area contributed by atoms with Crippen molar-refractivity contribution < 1.29 is 9.31 Å². The van der Waals surface area contributed by atoms with Crippen LogP contribution < -0.4 is 4.78 Å². The minimum Gasteiger partial charge on any atom is -0.399 e. The summed E-state index contributed by atoms with van der Waals surface area (Å²) in [5.41, 5.74) is 0.780. The molecule has 4 heteroatoms. The highest BCUT2D eigenvalue weighted by molar-refractivity contribution is 7.22. The zero-order valence-electron chi connectivity index (χ0n) is 13.1. The Morgan fingerprint density at radius 3 is 2.14 bits per heavy atom. The van der Waals surface area contributed by atoms with Gasteiger partial charge in [-0.25, -0.2) is 0 Å². The van der Waals surface area contributed by atoms with Crippen LogP contribution in [-0.2, 0) is 15.7 Å². The lowest BCUT2D eigenvalue weighted by Crippen LogP contribution is -2.41. The van der Waals surface area contributed by atoms with Gasteiger partial charge in [0.1, 0.15) is 0 Å². The highest BCUT2D eigenvalue weighted by Gasteiger charge is 2.52. The smallest absolute Gasteiger partial charge is 0.399 e. The molecule has 0 saturated carbocycles. The number of thiophene rings is 1. The molecule has 1 saturated heterocycles. The van der Waals surface area contributed by atoms with Gasteiger partial charge in [0.25, 0.3) is 0 Å². The first kappa shape index (κ1) is 14.8. The second-order valence-corrected chi connectivity index (χ2v) is 7.75. The van der Waals surface area contributed by atoms with E-state index in [1.807, 2.05) is 6.07 Å². The van der Waals surface area contributed by atoms with Crippen molar-refractivity contribution in [3.63, 3.8) is 0 Å². The first-order chi connectivity index (χ1) is 9.87. The van der Waals surface area contributed by atoms with E-state index in [2.05, 4.69) is 64.1 Å². The standard InChI is InChI=1S/C17H21BO2S/c1-16(2)17(3,4)20-18(19-16)15-11-10-14(21-15)12-13-8-6-5-7-9-13/h5-11H,12H2,1-4H3. The van der Waals surface area contributed by atoms with Crippen molar-refractivity contribution in [3.8, 4) is 0 Å². The molecular weight excluding hydrogens is 279 g/mol. The molecule has 110 valence electrons. The van der Waals surface area contributed by atoms with E-state index in [0.717, 1.165) is 11.2 Å². The van der Waals surface area contributed by atoms with Gasteiger partial charge >= 0.3 is 7.12 Å². The van der Waals surface area contributed by atoms with E-state index in [4.69, 9.17) is 9.31 Å². The average Bonchev–Trinajstić information content (AvgIpc) is 2.94. The SMILES string of the molecule is CC1(C)OB(c2ccc(Cc3ccccc3)s2)OC1(C)C. The van der Waals surface area contributed by atoms with Crippen molar-refractivity contribution in [2.24, 2.45) is 0 Å². The summed E-state index contributed by atoms with van der Waals surface area (Å²) in [4.78, 5) is 1.34. The molecule has 1 aromatic heterocycles. The summed E-state index contributed by atoms with van der Waals surface area (Å²) in [5.74, 6) is 0. The maximum Gasteiger partial charge on any atom is 0.505 e. The molecule has 1 aliphatic heterocycles. The molecule has 0 aliphatic carbocycles. The third kappa shape index (κ3) is 2.93. The molecule has 0 N–H and O–H groups in total. The zero-order chi connectivity index (χ0) is 15.1.